The van der Waals surface area contributed by atoms with Crippen LogP contribution in [0.4, 0.5) is 0 Å². The highest BCUT2D eigenvalue weighted by Gasteiger charge is 2.43. The summed E-state index contributed by atoms with van der Waals surface area (Å²) in [7, 11) is 4.05. The first-order chi connectivity index (χ1) is 7.50. The van der Waals surface area contributed by atoms with Crippen molar-refractivity contribution < 1.29 is 4.52 Å². The lowest BCUT2D eigenvalue weighted by Gasteiger charge is -2.18. The molecule has 1 aromatic heterocycles. The normalized spacial score (nSPS) is 20.1. The third-order valence-electron chi connectivity index (χ3n) is 3.14. The molecule has 1 aromatic rings. The lowest BCUT2D eigenvalue weighted by Crippen LogP contribution is -2.35. The average molecular weight is 224 g/mol. The molecule has 1 unspecified atom stereocenters. The topological polar surface area (TPSA) is 68.2 Å². The van der Waals surface area contributed by atoms with Gasteiger partial charge in [0.15, 0.2) is 5.82 Å². The van der Waals surface area contributed by atoms with E-state index >= 15 is 0 Å². The molecule has 5 heteroatoms. The quantitative estimate of drug-likeness (QED) is 0.799. The maximum atomic E-state index is 6.21. The van der Waals surface area contributed by atoms with E-state index in [-0.39, 0.29) is 0 Å². The molecule has 0 saturated heterocycles. The van der Waals surface area contributed by atoms with Crippen LogP contribution in [0, 0.1) is 5.92 Å². The Morgan fingerprint density at radius 2 is 2.19 bits per heavy atom. The molecule has 1 aliphatic rings. The third kappa shape index (κ3) is 2.41. The fourth-order valence-electron chi connectivity index (χ4n) is 1.76. The molecule has 0 amide bonds. The third-order valence-corrected chi connectivity index (χ3v) is 3.14. The van der Waals surface area contributed by atoms with Crippen molar-refractivity contribution in [1.29, 1.82) is 0 Å². The first-order valence-electron chi connectivity index (χ1n) is 5.77. The zero-order valence-corrected chi connectivity index (χ0v) is 10.2. The molecule has 5 nitrogen and oxygen atoms in total. The Balaban J connectivity index is 2.01. The van der Waals surface area contributed by atoms with Crippen LogP contribution in [0.25, 0.3) is 0 Å². The van der Waals surface area contributed by atoms with Crippen molar-refractivity contribution in [2.45, 2.75) is 31.7 Å². The number of aromatic nitrogens is 2. The molecule has 0 bridgehead atoms. The van der Waals surface area contributed by atoms with Crippen LogP contribution in [0.5, 0.6) is 0 Å². The highest BCUT2D eigenvalue weighted by atomic mass is 16.5. The Kier molecular flexibility index (Phi) is 2.99. The minimum Gasteiger partial charge on any atom is -0.337 e. The summed E-state index contributed by atoms with van der Waals surface area (Å²) in [4.78, 5) is 6.48. The van der Waals surface area contributed by atoms with Crippen molar-refractivity contribution in [3.8, 4) is 0 Å². The zero-order valence-electron chi connectivity index (χ0n) is 10.2. The molecular formula is C11H20N4O. The van der Waals surface area contributed by atoms with E-state index in [1.54, 1.807) is 0 Å². The van der Waals surface area contributed by atoms with Gasteiger partial charge in [-0.1, -0.05) is 5.16 Å². The second-order valence-electron chi connectivity index (χ2n) is 5.13. The molecule has 0 aliphatic heterocycles. The lowest BCUT2D eigenvalue weighted by molar-refractivity contribution is 0.271. The van der Waals surface area contributed by atoms with E-state index in [1.165, 1.54) is 12.8 Å². The molecule has 1 atom stereocenters. The highest BCUT2D eigenvalue weighted by molar-refractivity contribution is 5.07. The first kappa shape index (κ1) is 11.5. The molecule has 90 valence electrons. The predicted molar refractivity (Wildman–Crippen MR) is 60.8 cm³/mol. The van der Waals surface area contributed by atoms with Crippen molar-refractivity contribution in [3.63, 3.8) is 0 Å². The van der Waals surface area contributed by atoms with Crippen LogP contribution in [0.15, 0.2) is 4.52 Å². The maximum absolute atomic E-state index is 6.21. The van der Waals surface area contributed by atoms with Gasteiger partial charge in [0.1, 0.15) is 0 Å². The van der Waals surface area contributed by atoms with E-state index in [1.807, 2.05) is 21.0 Å². The molecule has 1 fully saturated rings. The van der Waals surface area contributed by atoms with E-state index in [0.717, 1.165) is 18.8 Å². The molecular weight excluding hydrogens is 204 g/mol. The summed E-state index contributed by atoms with van der Waals surface area (Å²) in [5.74, 6) is 1.85. The largest absolute Gasteiger partial charge is 0.337 e. The second-order valence-corrected chi connectivity index (χ2v) is 5.13. The van der Waals surface area contributed by atoms with E-state index in [4.69, 9.17) is 10.3 Å². The van der Waals surface area contributed by atoms with E-state index in [2.05, 4.69) is 15.0 Å². The molecule has 2 N–H and O–H groups in total. The van der Waals surface area contributed by atoms with Gasteiger partial charge in [0.2, 0.25) is 5.89 Å². The van der Waals surface area contributed by atoms with Crippen molar-refractivity contribution in [2.75, 3.05) is 20.6 Å². The summed E-state index contributed by atoms with van der Waals surface area (Å²) in [6, 6.07) is 0. The van der Waals surface area contributed by atoms with E-state index < -0.39 is 5.54 Å². The van der Waals surface area contributed by atoms with E-state index in [9.17, 15) is 0 Å². The van der Waals surface area contributed by atoms with Crippen molar-refractivity contribution >= 4 is 0 Å². The Morgan fingerprint density at radius 1 is 1.50 bits per heavy atom. The molecule has 16 heavy (non-hydrogen) atoms. The molecule has 1 aliphatic carbocycles. The monoisotopic (exact) mass is 224 g/mol. The Hall–Kier alpha value is -0.940. The predicted octanol–water partition coefficient (Wildman–Crippen LogP) is 0.758. The number of hydrogen-bond acceptors (Lipinski definition) is 5. The zero-order chi connectivity index (χ0) is 11.8. The number of likely N-dealkylation sites (N-methyl/N-ethyl adjacent to an activating group) is 1. The van der Waals surface area contributed by atoms with Crippen LogP contribution >= 0.6 is 0 Å². The smallest absolute Gasteiger partial charge is 0.246 e. The summed E-state index contributed by atoms with van der Waals surface area (Å²) in [5.41, 5.74) is 5.76. The van der Waals surface area contributed by atoms with Crippen molar-refractivity contribution in [3.05, 3.63) is 11.7 Å². The van der Waals surface area contributed by atoms with Gasteiger partial charge in [0.25, 0.3) is 0 Å². The second kappa shape index (κ2) is 4.14. The van der Waals surface area contributed by atoms with Gasteiger partial charge in [-0.15, -0.1) is 0 Å². The standard InChI is InChI=1S/C11H20N4O/c1-11(12,8-4-5-8)10-13-9(14-16-10)6-7-15(2)3/h8H,4-7,12H2,1-3H3. The van der Waals surface area contributed by atoms with Crippen LogP contribution in [0.1, 0.15) is 31.5 Å². The summed E-state index contributed by atoms with van der Waals surface area (Å²) in [5, 5.41) is 3.97. The molecule has 0 aromatic carbocycles. The van der Waals surface area contributed by atoms with Gasteiger partial charge in [-0.3, -0.25) is 0 Å². The summed E-state index contributed by atoms with van der Waals surface area (Å²) in [6.45, 7) is 2.90. The van der Waals surface area contributed by atoms with Gasteiger partial charge in [0.05, 0.1) is 5.54 Å². The minimum absolute atomic E-state index is 0.441. The van der Waals surface area contributed by atoms with Crippen LogP contribution in [-0.2, 0) is 12.0 Å². The Morgan fingerprint density at radius 3 is 2.75 bits per heavy atom. The van der Waals surface area contributed by atoms with Crippen LogP contribution in [0.3, 0.4) is 0 Å². The summed E-state index contributed by atoms with van der Waals surface area (Å²) < 4.78 is 5.26. The fraction of sp³-hybridized carbons (Fsp3) is 0.818. The van der Waals surface area contributed by atoms with Gasteiger partial charge in [-0.05, 0) is 39.8 Å². The minimum atomic E-state index is -0.441. The van der Waals surface area contributed by atoms with Crippen LogP contribution in [0.2, 0.25) is 0 Å². The maximum Gasteiger partial charge on any atom is 0.246 e. The van der Waals surface area contributed by atoms with Gasteiger partial charge in [0, 0.05) is 13.0 Å². The first-order valence-corrected chi connectivity index (χ1v) is 5.77. The SMILES string of the molecule is CN(C)CCc1noc(C(C)(N)C2CC2)n1. The highest BCUT2D eigenvalue weighted by Crippen LogP contribution is 2.43. The van der Waals surface area contributed by atoms with Crippen molar-refractivity contribution in [1.82, 2.24) is 15.0 Å². The Bertz CT molecular complexity index is 355. The van der Waals surface area contributed by atoms with Crippen molar-refractivity contribution in [2.24, 2.45) is 11.7 Å². The lowest BCUT2D eigenvalue weighted by atomic mass is 9.97. The van der Waals surface area contributed by atoms with Crippen LogP contribution < -0.4 is 5.73 Å². The number of rotatable bonds is 5. The number of hydrogen-bond donors (Lipinski definition) is 1. The van der Waals surface area contributed by atoms with Crippen LogP contribution in [-0.4, -0.2) is 35.7 Å². The molecule has 1 saturated carbocycles. The summed E-state index contributed by atoms with van der Waals surface area (Å²) >= 11 is 0. The molecule has 0 radical (unpaired) electrons. The van der Waals surface area contributed by atoms with Gasteiger partial charge in [-0.25, -0.2) is 0 Å². The summed E-state index contributed by atoms with van der Waals surface area (Å²) in [6.07, 6.45) is 3.14. The average Bonchev–Trinajstić information content (AvgIpc) is 2.95. The van der Waals surface area contributed by atoms with Gasteiger partial charge >= 0.3 is 0 Å². The molecule has 0 spiro atoms. The molecule has 2 rings (SSSR count). The number of nitrogens with two attached hydrogens (primary N) is 1. The van der Waals surface area contributed by atoms with Gasteiger partial charge in [-0.2, -0.15) is 4.98 Å². The van der Waals surface area contributed by atoms with E-state index in [0.29, 0.717) is 11.8 Å². The molecule has 1 heterocycles. The number of nitrogens with zero attached hydrogens (tertiary/aromatic N) is 3. The van der Waals surface area contributed by atoms with Gasteiger partial charge < -0.3 is 15.2 Å². The Labute approximate surface area is 96.0 Å². The fourth-order valence-corrected chi connectivity index (χ4v) is 1.76.